The Morgan fingerprint density at radius 1 is 1.20 bits per heavy atom. The molecule has 3 aromatic rings. The average Bonchev–Trinajstić information content (AvgIpc) is 3.25. The number of carbonyl (C=O) groups is 2. The lowest BCUT2D eigenvalue weighted by Crippen LogP contribution is -2.33. The summed E-state index contributed by atoms with van der Waals surface area (Å²) in [6, 6.07) is 12.9. The normalized spacial score (nSPS) is 10.6. The molecular weight excluding hydrogens is 338 g/mol. The van der Waals surface area contributed by atoms with E-state index in [-0.39, 0.29) is 17.3 Å². The van der Waals surface area contributed by atoms with Gasteiger partial charge in [-0.2, -0.15) is 5.10 Å². The van der Waals surface area contributed by atoms with Crippen molar-refractivity contribution < 1.29 is 14.7 Å². The summed E-state index contributed by atoms with van der Waals surface area (Å²) >= 11 is 1.16. The van der Waals surface area contributed by atoms with Crippen LogP contribution in [0.15, 0.2) is 54.0 Å². The number of anilines is 1. The SMILES string of the molecule is CCN(C(=O)Cn1ccc(-c2ccsc2C(=O)O)n1)c1ccccc1. The van der Waals surface area contributed by atoms with Crippen LogP contribution in [0.5, 0.6) is 0 Å². The number of rotatable bonds is 6. The smallest absolute Gasteiger partial charge is 0.346 e. The van der Waals surface area contributed by atoms with E-state index in [1.165, 1.54) is 4.68 Å². The third-order valence-corrected chi connectivity index (χ3v) is 4.66. The summed E-state index contributed by atoms with van der Waals surface area (Å²) in [5.74, 6) is -1.05. The van der Waals surface area contributed by atoms with Gasteiger partial charge < -0.3 is 10.0 Å². The molecule has 0 bridgehead atoms. The summed E-state index contributed by atoms with van der Waals surface area (Å²) < 4.78 is 1.53. The second-order valence-corrected chi connectivity index (χ2v) is 6.26. The summed E-state index contributed by atoms with van der Waals surface area (Å²) in [4.78, 5) is 25.8. The van der Waals surface area contributed by atoms with Crippen molar-refractivity contribution in [3.05, 3.63) is 58.9 Å². The molecule has 3 rings (SSSR count). The van der Waals surface area contributed by atoms with Crippen LogP contribution in [0.1, 0.15) is 16.6 Å². The second-order valence-electron chi connectivity index (χ2n) is 5.34. The molecule has 1 aromatic carbocycles. The first-order valence-electron chi connectivity index (χ1n) is 7.80. The van der Waals surface area contributed by atoms with Crippen molar-refractivity contribution in [2.24, 2.45) is 0 Å². The molecule has 2 aromatic heterocycles. The van der Waals surface area contributed by atoms with Gasteiger partial charge in [0, 0.05) is 24.0 Å². The van der Waals surface area contributed by atoms with Crippen LogP contribution in [0.2, 0.25) is 0 Å². The molecule has 128 valence electrons. The fourth-order valence-electron chi connectivity index (χ4n) is 2.60. The van der Waals surface area contributed by atoms with Crippen LogP contribution in [0.4, 0.5) is 5.69 Å². The highest BCUT2D eigenvalue weighted by molar-refractivity contribution is 7.12. The van der Waals surface area contributed by atoms with E-state index in [1.54, 1.807) is 28.6 Å². The third-order valence-electron chi connectivity index (χ3n) is 3.76. The fourth-order valence-corrected chi connectivity index (χ4v) is 3.35. The van der Waals surface area contributed by atoms with Crippen molar-refractivity contribution in [1.29, 1.82) is 0 Å². The Hall–Kier alpha value is -2.93. The van der Waals surface area contributed by atoms with Gasteiger partial charge in [0.15, 0.2) is 0 Å². The van der Waals surface area contributed by atoms with Gasteiger partial charge in [0.05, 0.1) is 5.69 Å². The first-order valence-corrected chi connectivity index (χ1v) is 8.68. The number of carboxylic acid groups (broad SMARTS) is 1. The summed E-state index contributed by atoms with van der Waals surface area (Å²) in [5.41, 5.74) is 1.96. The van der Waals surface area contributed by atoms with Crippen molar-refractivity contribution in [2.45, 2.75) is 13.5 Å². The van der Waals surface area contributed by atoms with E-state index in [2.05, 4.69) is 5.10 Å². The highest BCUT2D eigenvalue weighted by Gasteiger charge is 2.17. The van der Waals surface area contributed by atoms with E-state index in [1.807, 2.05) is 37.3 Å². The Balaban J connectivity index is 1.78. The van der Waals surface area contributed by atoms with Crippen LogP contribution in [0, 0.1) is 0 Å². The Labute approximate surface area is 148 Å². The Morgan fingerprint density at radius 2 is 1.96 bits per heavy atom. The van der Waals surface area contributed by atoms with E-state index in [0.29, 0.717) is 17.8 Å². The first kappa shape index (κ1) is 16.9. The molecule has 1 N–H and O–H groups in total. The average molecular weight is 355 g/mol. The minimum atomic E-state index is -0.975. The third kappa shape index (κ3) is 3.61. The van der Waals surface area contributed by atoms with Gasteiger partial charge in [-0.3, -0.25) is 9.48 Å². The number of benzene rings is 1. The summed E-state index contributed by atoms with van der Waals surface area (Å²) in [6.07, 6.45) is 1.69. The number of carbonyl (C=O) groups excluding carboxylic acids is 1. The van der Waals surface area contributed by atoms with Gasteiger partial charge in [0.25, 0.3) is 0 Å². The lowest BCUT2D eigenvalue weighted by Gasteiger charge is -2.20. The van der Waals surface area contributed by atoms with E-state index in [9.17, 15) is 14.7 Å². The number of aromatic carboxylic acids is 1. The van der Waals surface area contributed by atoms with Gasteiger partial charge in [-0.1, -0.05) is 18.2 Å². The minimum Gasteiger partial charge on any atom is -0.477 e. The quantitative estimate of drug-likeness (QED) is 0.736. The van der Waals surface area contributed by atoms with Crippen LogP contribution in [0.3, 0.4) is 0 Å². The lowest BCUT2D eigenvalue weighted by molar-refractivity contribution is -0.119. The second kappa shape index (κ2) is 7.31. The van der Waals surface area contributed by atoms with Gasteiger partial charge in [-0.15, -0.1) is 11.3 Å². The number of hydrogen-bond donors (Lipinski definition) is 1. The molecule has 0 spiro atoms. The highest BCUT2D eigenvalue weighted by atomic mass is 32.1. The largest absolute Gasteiger partial charge is 0.477 e. The lowest BCUT2D eigenvalue weighted by atomic mass is 10.2. The topological polar surface area (TPSA) is 75.4 Å². The minimum absolute atomic E-state index is 0.0767. The van der Waals surface area contributed by atoms with E-state index in [4.69, 9.17) is 0 Å². The number of thiophene rings is 1. The Kier molecular flexibility index (Phi) is 4.95. The van der Waals surface area contributed by atoms with Crippen molar-refractivity contribution in [1.82, 2.24) is 9.78 Å². The number of carboxylic acids is 1. The van der Waals surface area contributed by atoms with Crippen molar-refractivity contribution in [2.75, 3.05) is 11.4 Å². The molecule has 7 heteroatoms. The highest BCUT2D eigenvalue weighted by Crippen LogP contribution is 2.27. The number of amides is 1. The Bertz CT molecular complexity index is 886. The maximum Gasteiger partial charge on any atom is 0.346 e. The summed E-state index contributed by atoms with van der Waals surface area (Å²) in [7, 11) is 0. The number of para-hydroxylation sites is 1. The van der Waals surface area contributed by atoms with E-state index < -0.39 is 5.97 Å². The molecule has 0 atom stereocenters. The first-order chi connectivity index (χ1) is 12.1. The standard InChI is InChI=1S/C18H17N3O3S/c1-2-21(13-6-4-3-5-7-13)16(22)12-20-10-8-15(19-20)14-9-11-25-17(14)18(23)24/h3-11H,2,12H2,1H3,(H,23,24). The van der Waals surface area contributed by atoms with Crippen LogP contribution in [0.25, 0.3) is 11.3 Å². The predicted molar refractivity (Wildman–Crippen MR) is 97.0 cm³/mol. The van der Waals surface area contributed by atoms with Crippen molar-refractivity contribution in [3.8, 4) is 11.3 Å². The van der Waals surface area contributed by atoms with Crippen LogP contribution in [-0.2, 0) is 11.3 Å². The fraction of sp³-hybridized carbons (Fsp3) is 0.167. The number of nitrogens with zero attached hydrogens (tertiary/aromatic N) is 3. The van der Waals surface area contributed by atoms with Crippen LogP contribution >= 0.6 is 11.3 Å². The van der Waals surface area contributed by atoms with Crippen molar-refractivity contribution in [3.63, 3.8) is 0 Å². The molecule has 1 amide bonds. The molecule has 2 heterocycles. The molecule has 0 aliphatic heterocycles. The zero-order chi connectivity index (χ0) is 17.8. The van der Waals surface area contributed by atoms with Crippen LogP contribution in [-0.4, -0.2) is 33.3 Å². The van der Waals surface area contributed by atoms with Gasteiger partial charge in [0.1, 0.15) is 11.4 Å². The molecule has 25 heavy (non-hydrogen) atoms. The summed E-state index contributed by atoms with van der Waals surface area (Å²) in [5, 5.41) is 15.3. The van der Waals surface area contributed by atoms with E-state index >= 15 is 0 Å². The molecule has 0 saturated heterocycles. The molecule has 0 saturated carbocycles. The molecule has 0 unspecified atom stereocenters. The molecular formula is C18H17N3O3S. The number of hydrogen-bond acceptors (Lipinski definition) is 4. The number of likely N-dealkylation sites (N-methyl/N-ethyl adjacent to an activating group) is 1. The monoisotopic (exact) mass is 355 g/mol. The predicted octanol–water partition coefficient (Wildman–Crippen LogP) is 3.36. The van der Waals surface area contributed by atoms with Crippen molar-refractivity contribution >= 4 is 28.9 Å². The Morgan fingerprint density at radius 3 is 2.64 bits per heavy atom. The van der Waals surface area contributed by atoms with Gasteiger partial charge in [-0.05, 0) is 36.6 Å². The summed E-state index contributed by atoms with van der Waals surface area (Å²) in [6.45, 7) is 2.57. The zero-order valence-corrected chi connectivity index (χ0v) is 14.4. The van der Waals surface area contributed by atoms with Gasteiger partial charge >= 0.3 is 5.97 Å². The van der Waals surface area contributed by atoms with Crippen LogP contribution < -0.4 is 4.90 Å². The number of aromatic nitrogens is 2. The molecule has 0 radical (unpaired) electrons. The zero-order valence-electron chi connectivity index (χ0n) is 13.6. The molecule has 0 aliphatic rings. The van der Waals surface area contributed by atoms with E-state index in [0.717, 1.165) is 17.0 Å². The molecule has 0 aliphatic carbocycles. The maximum absolute atomic E-state index is 12.6. The molecule has 6 nitrogen and oxygen atoms in total. The van der Waals surface area contributed by atoms with Gasteiger partial charge in [-0.25, -0.2) is 4.79 Å². The maximum atomic E-state index is 12.6. The van der Waals surface area contributed by atoms with Gasteiger partial charge in [0.2, 0.25) is 5.91 Å². The molecule has 0 fully saturated rings.